The maximum atomic E-state index is 11.6. The summed E-state index contributed by atoms with van der Waals surface area (Å²) in [6, 6.07) is 12.9. The lowest BCUT2D eigenvalue weighted by molar-refractivity contribution is 0.0526. The van der Waals surface area contributed by atoms with E-state index in [0.29, 0.717) is 24.5 Å². The van der Waals surface area contributed by atoms with E-state index in [1.807, 2.05) is 25.0 Å². The van der Waals surface area contributed by atoms with Crippen LogP contribution in [-0.4, -0.2) is 19.5 Å². The summed E-state index contributed by atoms with van der Waals surface area (Å²) in [6.45, 7) is 4.96. The summed E-state index contributed by atoms with van der Waals surface area (Å²) in [7, 11) is 0. The van der Waals surface area contributed by atoms with Gasteiger partial charge in [-0.25, -0.2) is 4.79 Å². The molecule has 0 saturated carbocycles. The molecular weight excluding hydrogens is 279 g/mol. The summed E-state index contributed by atoms with van der Waals surface area (Å²) in [5, 5.41) is 0. The monoisotopic (exact) mass is 296 g/mol. The maximum Gasteiger partial charge on any atom is 0.338 e. The Morgan fingerprint density at radius 1 is 1.18 bits per heavy atom. The lowest BCUT2D eigenvalue weighted by atomic mass is 9.64. The Bertz CT molecular complexity index is 682. The molecule has 0 spiro atoms. The third-order valence-corrected chi connectivity index (χ3v) is 3.64. The minimum absolute atomic E-state index is 0.146. The first-order valence-corrected chi connectivity index (χ1v) is 7.37. The van der Waals surface area contributed by atoms with Crippen LogP contribution in [0.4, 0.5) is 0 Å². The van der Waals surface area contributed by atoms with E-state index < -0.39 is 0 Å². The van der Waals surface area contributed by atoms with Gasteiger partial charge in [0.2, 0.25) is 0 Å². The first kappa shape index (κ1) is 14.7. The molecule has 1 aliphatic heterocycles. The zero-order valence-electron chi connectivity index (χ0n) is 12.7. The SMILES string of the molecule is CCOC(=O)c1ccc(Oc2ccc3c(c2)COB3C)cc1. The van der Waals surface area contributed by atoms with E-state index in [1.165, 1.54) is 5.46 Å². The number of rotatable bonds is 4. The van der Waals surface area contributed by atoms with Gasteiger partial charge in [-0.3, -0.25) is 0 Å². The van der Waals surface area contributed by atoms with Crippen molar-refractivity contribution in [3.63, 3.8) is 0 Å². The second kappa shape index (κ2) is 6.24. The molecule has 1 aliphatic rings. The molecule has 0 N–H and O–H groups in total. The van der Waals surface area contributed by atoms with Gasteiger partial charge in [0, 0.05) is 0 Å². The van der Waals surface area contributed by atoms with Gasteiger partial charge < -0.3 is 14.1 Å². The van der Waals surface area contributed by atoms with Crippen molar-refractivity contribution < 1.29 is 18.9 Å². The van der Waals surface area contributed by atoms with E-state index >= 15 is 0 Å². The fourth-order valence-electron chi connectivity index (χ4n) is 2.48. The molecule has 0 fully saturated rings. The van der Waals surface area contributed by atoms with E-state index in [9.17, 15) is 4.79 Å². The van der Waals surface area contributed by atoms with Gasteiger partial charge in [-0.15, -0.1) is 0 Å². The van der Waals surface area contributed by atoms with Crippen molar-refractivity contribution in [2.24, 2.45) is 0 Å². The highest BCUT2D eigenvalue weighted by atomic mass is 16.5. The summed E-state index contributed by atoms with van der Waals surface area (Å²) in [5.74, 6) is 1.12. The van der Waals surface area contributed by atoms with Crippen LogP contribution in [0.2, 0.25) is 6.82 Å². The molecule has 4 nitrogen and oxygen atoms in total. The number of fused-ring (bicyclic) bond motifs is 1. The highest BCUT2D eigenvalue weighted by Crippen LogP contribution is 2.24. The van der Waals surface area contributed by atoms with Crippen LogP contribution >= 0.6 is 0 Å². The first-order valence-electron chi connectivity index (χ1n) is 7.37. The average molecular weight is 296 g/mol. The molecule has 0 bridgehead atoms. The van der Waals surface area contributed by atoms with Crippen LogP contribution in [0.1, 0.15) is 22.8 Å². The van der Waals surface area contributed by atoms with Crippen molar-refractivity contribution in [2.45, 2.75) is 20.4 Å². The van der Waals surface area contributed by atoms with E-state index in [2.05, 4.69) is 0 Å². The van der Waals surface area contributed by atoms with Gasteiger partial charge >= 0.3 is 12.9 Å². The molecule has 5 heteroatoms. The predicted octanol–water partition coefficient (Wildman–Crippen LogP) is 3.01. The molecule has 0 amide bonds. The Kier molecular flexibility index (Phi) is 4.16. The molecule has 2 aromatic rings. The standard InChI is InChI=1S/C17H17BO4/c1-3-20-17(19)12-4-6-14(7-5-12)22-15-8-9-16-13(10-15)11-21-18(16)2/h4-10H,3,11H2,1-2H3. The maximum absolute atomic E-state index is 11.6. The minimum Gasteiger partial charge on any atom is -0.462 e. The fourth-order valence-corrected chi connectivity index (χ4v) is 2.48. The zero-order valence-corrected chi connectivity index (χ0v) is 12.7. The summed E-state index contributed by atoms with van der Waals surface area (Å²) >= 11 is 0. The predicted molar refractivity (Wildman–Crippen MR) is 85.0 cm³/mol. The van der Waals surface area contributed by atoms with E-state index in [1.54, 1.807) is 31.2 Å². The Labute approximate surface area is 130 Å². The van der Waals surface area contributed by atoms with E-state index in [-0.39, 0.29) is 12.9 Å². The van der Waals surface area contributed by atoms with Crippen molar-refractivity contribution in [1.29, 1.82) is 0 Å². The summed E-state index contributed by atoms with van der Waals surface area (Å²) in [5.41, 5.74) is 2.89. The molecule has 0 aliphatic carbocycles. The van der Waals surface area contributed by atoms with Crippen LogP contribution in [0.25, 0.3) is 0 Å². The van der Waals surface area contributed by atoms with Crippen LogP contribution in [0.15, 0.2) is 42.5 Å². The molecule has 2 aromatic carbocycles. The second-order valence-electron chi connectivity index (χ2n) is 5.16. The Morgan fingerprint density at radius 2 is 1.91 bits per heavy atom. The molecule has 3 rings (SSSR count). The van der Waals surface area contributed by atoms with Crippen molar-refractivity contribution in [3.05, 3.63) is 53.6 Å². The van der Waals surface area contributed by atoms with Crippen LogP contribution in [-0.2, 0) is 16.0 Å². The number of hydrogen-bond donors (Lipinski definition) is 0. The quantitative estimate of drug-likeness (QED) is 0.642. The molecule has 1 heterocycles. The minimum atomic E-state index is -0.322. The van der Waals surface area contributed by atoms with Gasteiger partial charge in [-0.05, 0) is 54.3 Å². The van der Waals surface area contributed by atoms with E-state index in [4.69, 9.17) is 14.1 Å². The van der Waals surface area contributed by atoms with Gasteiger partial charge in [0.15, 0.2) is 0 Å². The van der Waals surface area contributed by atoms with Gasteiger partial charge in [0.05, 0.1) is 18.8 Å². The largest absolute Gasteiger partial charge is 0.462 e. The third-order valence-electron chi connectivity index (χ3n) is 3.64. The van der Waals surface area contributed by atoms with Crippen LogP contribution in [0.3, 0.4) is 0 Å². The van der Waals surface area contributed by atoms with Crippen molar-refractivity contribution in [2.75, 3.05) is 6.61 Å². The lowest BCUT2D eigenvalue weighted by Gasteiger charge is -2.08. The number of carbonyl (C=O) groups is 1. The van der Waals surface area contributed by atoms with Crippen LogP contribution in [0, 0.1) is 0 Å². The average Bonchev–Trinajstić information content (AvgIpc) is 2.89. The molecule has 0 radical (unpaired) electrons. The second-order valence-corrected chi connectivity index (χ2v) is 5.16. The Morgan fingerprint density at radius 3 is 2.64 bits per heavy atom. The van der Waals surface area contributed by atoms with Gasteiger partial charge in [-0.2, -0.15) is 0 Å². The molecule has 0 aromatic heterocycles. The molecular formula is C17H17BO4. The van der Waals surface area contributed by atoms with Crippen molar-refractivity contribution in [3.8, 4) is 11.5 Å². The Hall–Kier alpha value is -2.27. The third kappa shape index (κ3) is 2.99. The summed E-state index contributed by atoms with van der Waals surface area (Å²) in [4.78, 5) is 11.6. The highest BCUT2D eigenvalue weighted by molar-refractivity contribution is 6.67. The molecule has 0 unspecified atom stereocenters. The molecule has 112 valence electrons. The van der Waals surface area contributed by atoms with Crippen LogP contribution < -0.4 is 10.2 Å². The zero-order chi connectivity index (χ0) is 15.5. The number of hydrogen-bond acceptors (Lipinski definition) is 4. The van der Waals surface area contributed by atoms with Crippen molar-refractivity contribution in [1.82, 2.24) is 0 Å². The molecule has 0 atom stereocenters. The lowest BCUT2D eigenvalue weighted by Crippen LogP contribution is -2.23. The number of carbonyl (C=O) groups excluding carboxylic acids is 1. The van der Waals surface area contributed by atoms with Crippen molar-refractivity contribution >= 4 is 18.3 Å². The number of ether oxygens (including phenoxy) is 2. The van der Waals surface area contributed by atoms with Gasteiger partial charge in [0.25, 0.3) is 0 Å². The fraction of sp³-hybridized carbons (Fsp3) is 0.235. The molecule has 0 saturated heterocycles. The van der Waals surface area contributed by atoms with E-state index in [0.717, 1.165) is 11.3 Å². The smallest absolute Gasteiger partial charge is 0.338 e. The summed E-state index contributed by atoms with van der Waals surface area (Å²) < 4.78 is 16.4. The number of esters is 1. The van der Waals surface area contributed by atoms with Gasteiger partial charge in [0.1, 0.15) is 11.5 Å². The number of benzene rings is 2. The highest BCUT2D eigenvalue weighted by Gasteiger charge is 2.23. The Balaban J connectivity index is 1.72. The van der Waals surface area contributed by atoms with Crippen LogP contribution in [0.5, 0.6) is 11.5 Å². The molecule has 22 heavy (non-hydrogen) atoms. The normalized spacial score (nSPS) is 12.9. The topological polar surface area (TPSA) is 44.8 Å². The van der Waals surface area contributed by atoms with Gasteiger partial charge in [-0.1, -0.05) is 12.9 Å². The summed E-state index contributed by atoms with van der Waals surface area (Å²) in [6.07, 6.45) is 0. The first-order chi connectivity index (χ1) is 10.7.